The minimum atomic E-state index is 0.591. The van der Waals surface area contributed by atoms with Gasteiger partial charge in [-0.2, -0.15) is 0 Å². The van der Waals surface area contributed by atoms with Crippen LogP contribution in [0.2, 0.25) is 0 Å². The molecular weight excluding hydrogens is 244 g/mol. The maximum absolute atomic E-state index is 3.84. The normalized spacial score (nSPS) is 27.3. The molecule has 0 saturated heterocycles. The lowest BCUT2D eigenvalue weighted by atomic mass is 9.73. The predicted octanol–water partition coefficient (Wildman–Crippen LogP) is 3.81. The minimum absolute atomic E-state index is 0.591. The van der Waals surface area contributed by atoms with Gasteiger partial charge in [0, 0.05) is 25.7 Å². The minimum Gasteiger partial charge on any atom is -0.313 e. The number of nitrogens with zero attached hydrogens (tertiary/aromatic N) is 1. The summed E-state index contributed by atoms with van der Waals surface area (Å²) in [6, 6.07) is 0.869. The van der Waals surface area contributed by atoms with E-state index in [1.54, 1.807) is 0 Å². The maximum Gasteiger partial charge on any atom is 0.00684 e. The third kappa shape index (κ3) is 4.21. The fraction of sp³-hybridized carbons (Fsp3) is 1.00. The zero-order chi connectivity index (χ0) is 13.8. The Bertz CT molecular complexity index is 286. The second-order valence-corrected chi connectivity index (χ2v) is 8.06. The van der Waals surface area contributed by atoms with E-state index in [0.29, 0.717) is 5.41 Å². The average molecular weight is 278 g/mol. The van der Waals surface area contributed by atoms with Crippen molar-refractivity contribution in [2.75, 3.05) is 26.7 Å². The van der Waals surface area contributed by atoms with Gasteiger partial charge in [-0.25, -0.2) is 0 Å². The lowest BCUT2D eigenvalue weighted by Crippen LogP contribution is -2.45. The Morgan fingerprint density at radius 2 is 1.65 bits per heavy atom. The number of nitrogens with one attached hydrogen (secondary N) is 1. The lowest BCUT2D eigenvalue weighted by molar-refractivity contribution is 0.108. The molecule has 0 amide bonds. The van der Waals surface area contributed by atoms with E-state index in [4.69, 9.17) is 0 Å². The molecule has 2 nitrogen and oxygen atoms in total. The van der Waals surface area contributed by atoms with Crippen LogP contribution in [0.1, 0.15) is 70.6 Å². The molecule has 1 N–H and O–H groups in total. The van der Waals surface area contributed by atoms with Crippen molar-refractivity contribution in [2.45, 2.75) is 76.7 Å². The van der Waals surface area contributed by atoms with Crippen molar-refractivity contribution in [3.05, 3.63) is 0 Å². The first-order valence-electron chi connectivity index (χ1n) is 9.18. The van der Waals surface area contributed by atoms with Crippen LogP contribution in [0.5, 0.6) is 0 Å². The molecule has 0 atom stereocenters. The third-order valence-electron chi connectivity index (χ3n) is 5.91. The summed E-state index contributed by atoms with van der Waals surface area (Å²) in [5.41, 5.74) is 0.591. The van der Waals surface area contributed by atoms with Gasteiger partial charge in [-0.05, 0) is 56.9 Å². The second kappa shape index (κ2) is 6.79. The monoisotopic (exact) mass is 278 g/mol. The van der Waals surface area contributed by atoms with Gasteiger partial charge in [0.05, 0.1) is 0 Å². The lowest BCUT2D eigenvalue weighted by Gasteiger charge is -2.41. The zero-order valence-electron chi connectivity index (χ0n) is 13.5. The summed E-state index contributed by atoms with van der Waals surface area (Å²) in [5, 5.41) is 3.84. The van der Waals surface area contributed by atoms with Crippen LogP contribution in [0, 0.1) is 11.3 Å². The maximum atomic E-state index is 3.84. The molecule has 0 radical (unpaired) electrons. The standard InChI is InChI=1S/C18H34N2/c1-20(13-16-7-3-4-8-16)15-18(11-5-2-6-12-18)14-19-17-9-10-17/h16-17,19H,2-15H2,1H3. The Kier molecular flexibility index (Phi) is 5.04. The number of rotatable bonds is 7. The Balaban J connectivity index is 1.50. The first-order chi connectivity index (χ1) is 9.76. The van der Waals surface area contributed by atoms with E-state index in [9.17, 15) is 0 Å². The fourth-order valence-corrected chi connectivity index (χ4v) is 4.61. The van der Waals surface area contributed by atoms with Crippen molar-refractivity contribution >= 4 is 0 Å². The summed E-state index contributed by atoms with van der Waals surface area (Å²) in [6.45, 7) is 3.97. The molecule has 0 bridgehead atoms. The molecule has 0 heterocycles. The highest BCUT2D eigenvalue weighted by Gasteiger charge is 2.35. The number of hydrogen-bond acceptors (Lipinski definition) is 2. The van der Waals surface area contributed by atoms with E-state index in [2.05, 4.69) is 17.3 Å². The van der Waals surface area contributed by atoms with Gasteiger partial charge in [0.15, 0.2) is 0 Å². The SMILES string of the molecule is CN(CC1CCCC1)CC1(CNC2CC2)CCCCC1. The quantitative estimate of drug-likeness (QED) is 0.762. The van der Waals surface area contributed by atoms with Crippen molar-refractivity contribution in [3.63, 3.8) is 0 Å². The predicted molar refractivity (Wildman–Crippen MR) is 86.0 cm³/mol. The molecule has 2 heteroatoms. The van der Waals surface area contributed by atoms with Crippen LogP contribution < -0.4 is 5.32 Å². The van der Waals surface area contributed by atoms with Crippen LogP contribution in [-0.4, -0.2) is 37.6 Å². The van der Waals surface area contributed by atoms with Gasteiger partial charge < -0.3 is 10.2 Å². The highest BCUT2D eigenvalue weighted by molar-refractivity contribution is 4.91. The molecule has 3 aliphatic carbocycles. The molecule has 0 aliphatic heterocycles. The van der Waals surface area contributed by atoms with Crippen molar-refractivity contribution in [1.82, 2.24) is 10.2 Å². The average Bonchev–Trinajstić information content (AvgIpc) is 3.15. The zero-order valence-corrected chi connectivity index (χ0v) is 13.5. The third-order valence-corrected chi connectivity index (χ3v) is 5.91. The molecule has 0 aromatic heterocycles. The highest BCUT2D eigenvalue weighted by Crippen LogP contribution is 2.38. The smallest absolute Gasteiger partial charge is 0.00684 e. The van der Waals surface area contributed by atoms with Gasteiger partial charge in [0.1, 0.15) is 0 Å². The summed E-state index contributed by atoms with van der Waals surface area (Å²) >= 11 is 0. The van der Waals surface area contributed by atoms with E-state index in [0.717, 1.165) is 12.0 Å². The van der Waals surface area contributed by atoms with E-state index in [-0.39, 0.29) is 0 Å². The molecule has 20 heavy (non-hydrogen) atoms. The molecule has 0 aromatic carbocycles. The van der Waals surface area contributed by atoms with Gasteiger partial charge >= 0.3 is 0 Å². The van der Waals surface area contributed by atoms with Crippen molar-refractivity contribution in [1.29, 1.82) is 0 Å². The van der Waals surface area contributed by atoms with Gasteiger partial charge in [-0.1, -0.05) is 32.1 Å². The number of hydrogen-bond donors (Lipinski definition) is 1. The van der Waals surface area contributed by atoms with Crippen LogP contribution in [0.25, 0.3) is 0 Å². The summed E-state index contributed by atoms with van der Waals surface area (Å²) in [5.74, 6) is 0.997. The van der Waals surface area contributed by atoms with Crippen LogP contribution in [0.15, 0.2) is 0 Å². The molecule has 116 valence electrons. The summed E-state index contributed by atoms with van der Waals surface area (Å²) < 4.78 is 0. The summed E-state index contributed by atoms with van der Waals surface area (Å²) in [6.07, 6.45) is 16.1. The van der Waals surface area contributed by atoms with Gasteiger partial charge in [0.25, 0.3) is 0 Å². The molecule has 3 aliphatic rings. The van der Waals surface area contributed by atoms with E-state index < -0.39 is 0 Å². The van der Waals surface area contributed by atoms with Gasteiger partial charge in [-0.3, -0.25) is 0 Å². The van der Waals surface area contributed by atoms with Crippen molar-refractivity contribution < 1.29 is 0 Å². The van der Waals surface area contributed by atoms with E-state index in [1.807, 2.05) is 0 Å². The first kappa shape index (κ1) is 14.8. The Morgan fingerprint density at radius 3 is 2.30 bits per heavy atom. The molecule has 3 saturated carbocycles. The van der Waals surface area contributed by atoms with Gasteiger partial charge in [0.2, 0.25) is 0 Å². The molecule has 3 fully saturated rings. The van der Waals surface area contributed by atoms with Gasteiger partial charge in [-0.15, -0.1) is 0 Å². The summed E-state index contributed by atoms with van der Waals surface area (Å²) in [4.78, 5) is 2.68. The molecule has 0 unspecified atom stereocenters. The Morgan fingerprint density at radius 1 is 0.950 bits per heavy atom. The first-order valence-corrected chi connectivity index (χ1v) is 9.18. The van der Waals surface area contributed by atoms with Crippen molar-refractivity contribution in [2.24, 2.45) is 11.3 Å². The molecule has 3 rings (SSSR count). The Labute approximate surface area is 125 Å². The van der Waals surface area contributed by atoms with Crippen molar-refractivity contribution in [3.8, 4) is 0 Å². The largest absolute Gasteiger partial charge is 0.313 e. The van der Waals surface area contributed by atoms with E-state index >= 15 is 0 Å². The van der Waals surface area contributed by atoms with Crippen LogP contribution in [0.4, 0.5) is 0 Å². The highest BCUT2D eigenvalue weighted by atomic mass is 15.1. The fourth-order valence-electron chi connectivity index (χ4n) is 4.61. The van der Waals surface area contributed by atoms with Crippen LogP contribution >= 0.6 is 0 Å². The molecule has 0 aromatic rings. The van der Waals surface area contributed by atoms with Crippen LogP contribution in [0.3, 0.4) is 0 Å². The summed E-state index contributed by atoms with van der Waals surface area (Å²) in [7, 11) is 2.38. The Hall–Kier alpha value is -0.0800. The second-order valence-electron chi connectivity index (χ2n) is 8.06. The topological polar surface area (TPSA) is 15.3 Å². The van der Waals surface area contributed by atoms with E-state index in [1.165, 1.54) is 90.3 Å². The molecule has 0 spiro atoms. The van der Waals surface area contributed by atoms with Crippen LogP contribution in [-0.2, 0) is 0 Å². The molecular formula is C18H34N2.